The molecule has 4 rings (SSSR count). The van der Waals surface area contributed by atoms with Crippen molar-refractivity contribution in [3.8, 4) is 0 Å². The Morgan fingerprint density at radius 3 is 2.54 bits per heavy atom. The Hall–Kier alpha value is -2.84. The molecule has 0 spiro atoms. The van der Waals surface area contributed by atoms with Crippen LogP contribution in [-0.4, -0.2) is 9.52 Å². The molecule has 2 aromatic carbocycles. The minimum absolute atomic E-state index is 0.564. The van der Waals surface area contributed by atoms with Crippen LogP contribution in [0.2, 0.25) is 5.54 Å². The van der Waals surface area contributed by atoms with E-state index in [1.165, 1.54) is 21.7 Å². The molecule has 1 atom stereocenters. The van der Waals surface area contributed by atoms with Gasteiger partial charge in [0.1, 0.15) is 11.3 Å². The quantitative estimate of drug-likeness (QED) is 0.368. The van der Waals surface area contributed by atoms with Gasteiger partial charge in [-0.15, -0.1) is 0 Å². The molecule has 138 valence electrons. The van der Waals surface area contributed by atoms with Crippen LogP contribution in [0, 0.1) is 6.92 Å². The van der Waals surface area contributed by atoms with E-state index >= 15 is 0 Å². The number of allylic oxidation sites excluding steroid dienone is 7. The number of furan rings is 1. The zero-order valence-electron chi connectivity index (χ0n) is 16.4. The number of benzene rings is 2. The molecule has 0 saturated carbocycles. The molecule has 0 aliphatic heterocycles. The molecule has 3 aromatic rings. The van der Waals surface area contributed by atoms with E-state index in [0.29, 0.717) is 5.54 Å². The predicted octanol–water partition coefficient (Wildman–Crippen LogP) is 6.41. The molecule has 1 aliphatic rings. The third-order valence-corrected chi connectivity index (χ3v) is 6.48. The van der Waals surface area contributed by atoms with Gasteiger partial charge in [0.2, 0.25) is 0 Å². The third kappa shape index (κ3) is 3.88. The Morgan fingerprint density at radius 1 is 1.11 bits per heavy atom. The lowest BCUT2D eigenvalue weighted by Gasteiger charge is -2.17. The van der Waals surface area contributed by atoms with E-state index in [4.69, 9.17) is 4.42 Å². The monoisotopic (exact) mass is 380 g/mol. The lowest BCUT2D eigenvalue weighted by atomic mass is 9.94. The average molecular weight is 381 g/mol. The Balaban J connectivity index is 1.63. The zero-order valence-corrected chi connectivity index (χ0v) is 17.4. The van der Waals surface area contributed by atoms with E-state index in [-0.39, 0.29) is 0 Å². The Bertz CT molecular complexity index is 1100. The van der Waals surface area contributed by atoms with Gasteiger partial charge in [0.15, 0.2) is 0 Å². The van der Waals surface area contributed by atoms with E-state index in [0.717, 1.165) is 38.4 Å². The van der Waals surface area contributed by atoms with Gasteiger partial charge in [-0.1, -0.05) is 84.1 Å². The van der Waals surface area contributed by atoms with Gasteiger partial charge in [0.05, 0.1) is 9.52 Å². The molecule has 1 unspecified atom stereocenters. The van der Waals surface area contributed by atoms with Crippen LogP contribution in [0.15, 0.2) is 101 Å². The van der Waals surface area contributed by atoms with Crippen molar-refractivity contribution in [1.29, 1.82) is 0 Å². The maximum atomic E-state index is 6.26. The van der Waals surface area contributed by atoms with E-state index in [2.05, 4.69) is 80.3 Å². The Labute approximate surface area is 169 Å². The highest BCUT2D eigenvalue weighted by atomic mass is 28.2. The van der Waals surface area contributed by atoms with Gasteiger partial charge in [0, 0.05) is 16.5 Å². The summed E-state index contributed by atoms with van der Waals surface area (Å²) < 4.78 is 6.26. The van der Waals surface area contributed by atoms with Gasteiger partial charge >= 0.3 is 0 Å². The van der Waals surface area contributed by atoms with Crippen molar-refractivity contribution in [3.05, 3.63) is 108 Å². The molecule has 0 amide bonds. The topological polar surface area (TPSA) is 13.1 Å². The molecule has 1 aromatic heterocycles. The number of para-hydroxylation sites is 1. The van der Waals surface area contributed by atoms with Gasteiger partial charge in [-0.25, -0.2) is 0 Å². The highest BCUT2D eigenvalue weighted by molar-refractivity contribution is 6.55. The lowest BCUT2D eigenvalue weighted by Crippen LogP contribution is -2.18. The minimum Gasteiger partial charge on any atom is -0.456 e. The van der Waals surface area contributed by atoms with Crippen LogP contribution >= 0.6 is 0 Å². The highest BCUT2D eigenvalue weighted by Crippen LogP contribution is 2.36. The van der Waals surface area contributed by atoms with Crippen molar-refractivity contribution in [1.82, 2.24) is 0 Å². The minimum atomic E-state index is 0.564. The Morgan fingerprint density at radius 2 is 1.86 bits per heavy atom. The fourth-order valence-corrected chi connectivity index (χ4v) is 4.87. The number of hydrogen-bond acceptors (Lipinski definition) is 1. The number of rotatable bonds is 5. The van der Waals surface area contributed by atoms with Gasteiger partial charge in [0.25, 0.3) is 0 Å². The van der Waals surface area contributed by atoms with Crippen LogP contribution in [0.4, 0.5) is 0 Å². The van der Waals surface area contributed by atoms with Crippen molar-refractivity contribution < 1.29 is 4.42 Å². The molecule has 0 bridgehead atoms. The molecular formula is C26H24OSi. The fourth-order valence-electron chi connectivity index (χ4n) is 3.63. The van der Waals surface area contributed by atoms with Crippen LogP contribution in [0.1, 0.15) is 24.7 Å². The maximum absolute atomic E-state index is 6.26. The molecule has 2 heteroatoms. The molecule has 0 saturated heterocycles. The van der Waals surface area contributed by atoms with Crippen LogP contribution < -0.4 is 5.19 Å². The average Bonchev–Trinajstić information content (AvgIpc) is 3.04. The van der Waals surface area contributed by atoms with Crippen LogP contribution in [0.25, 0.3) is 16.5 Å². The van der Waals surface area contributed by atoms with Gasteiger partial charge in [-0.05, 0) is 43.5 Å². The summed E-state index contributed by atoms with van der Waals surface area (Å²) >= 11 is 0. The number of aryl methyl sites for hydroxylation is 1. The molecule has 2 radical (unpaired) electrons. The van der Waals surface area contributed by atoms with Gasteiger partial charge in [-0.3, -0.25) is 0 Å². The van der Waals surface area contributed by atoms with Crippen molar-refractivity contribution in [2.24, 2.45) is 0 Å². The summed E-state index contributed by atoms with van der Waals surface area (Å²) in [6.07, 6.45) is 10.1. The second-order valence-corrected chi connectivity index (χ2v) is 8.94. The molecule has 1 nitrogen and oxygen atoms in total. The van der Waals surface area contributed by atoms with Crippen molar-refractivity contribution in [2.45, 2.75) is 25.8 Å². The van der Waals surface area contributed by atoms with Crippen LogP contribution in [-0.2, 0) is 0 Å². The molecule has 0 N–H and O–H groups in total. The molecule has 1 heterocycles. The van der Waals surface area contributed by atoms with Crippen molar-refractivity contribution in [2.75, 3.05) is 0 Å². The predicted molar refractivity (Wildman–Crippen MR) is 121 cm³/mol. The standard InChI is InChI=1S/C26H24OSi/c1-18(2)17-24(26-19(3)23-11-7-8-12-25(23)27-26)20-13-15-22(16-14-20)28-21-9-5-4-6-10-21/h4-15,17,22H,1,16H2,2-3H3/b24-17-. The molecule has 28 heavy (non-hydrogen) atoms. The summed E-state index contributed by atoms with van der Waals surface area (Å²) in [7, 11) is 0.797. The second kappa shape index (κ2) is 8.03. The number of fused-ring (bicyclic) bond motifs is 1. The smallest absolute Gasteiger partial charge is 0.138 e. The fraction of sp³-hybridized carbons (Fsp3) is 0.154. The highest BCUT2D eigenvalue weighted by Gasteiger charge is 2.19. The molecule has 0 fully saturated rings. The summed E-state index contributed by atoms with van der Waals surface area (Å²) in [6.45, 7) is 8.27. The van der Waals surface area contributed by atoms with E-state index < -0.39 is 0 Å². The first kappa shape index (κ1) is 18.5. The van der Waals surface area contributed by atoms with Crippen molar-refractivity contribution in [3.63, 3.8) is 0 Å². The van der Waals surface area contributed by atoms with E-state index in [1.54, 1.807) is 0 Å². The maximum Gasteiger partial charge on any atom is 0.138 e. The van der Waals surface area contributed by atoms with Crippen molar-refractivity contribution >= 4 is 31.2 Å². The summed E-state index contributed by atoms with van der Waals surface area (Å²) in [5.74, 6) is 0.948. The SMILES string of the molecule is C=C(C)/C=C(/C1=CCC([Si]c2ccccc2)C=C1)c1oc2ccccc2c1C. The first-order valence-corrected chi connectivity index (χ1v) is 10.8. The summed E-state index contributed by atoms with van der Waals surface area (Å²) in [5.41, 5.74) is 6.06. The van der Waals surface area contributed by atoms with Crippen LogP contribution in [0.3, 0.4) is 0 Å². The van der Waals surface area contributed by atoms with Gasteiger partial charge < -0.3 is 4.42 Å². The normalized spacial score (nSPS) is 17.0. The third-order valence-electron chi connectivity index (χ3n) is 5.02. The summed E-state index contributed by atoms with van der Waals surface area (Å²) in [6, 6.07) is 19.0. The zero-order chi connectivity index (χ0) is 19.5. The van der Waals surface area contributed by atoms with Gasteiger partial charge in [-0.2, -0.15) is 0 Å². The Kier molecular flexibility index (Phi) is 5.31. The summed E-state index contributed by atoms with van der Waals surface area (Å²) in [4.78, 5) is 0. The summed E-state index contributed by atoms with van der Waals surface area (Å²) in [5, 5.41) is 2.59. The second-order valence-electron chi connectivity index (χ2n) is 7.33. The van der Waals surface area contributed by atoms with Crippen LogP contribution in [0.5, 0.6) is 0 Å². The van der Waals surface area contributed by atoms with E-state index in [9.17, 15) is 0 Å². The molecular weight excluding hydrogens is 356 g/mol. The first-order chi connectivity index (χ1) is 13.6. The molecule has 1 aliphatic carbocycles. The van der Waals surface area contributed by atoms with E-state index in [1.807, 2.05) is 19.1 Å². The number of hydrogen-bond donors (Lipinski definition) is 0. The largest absolute Gasteiger partial charge is 0.456 e. The lowest BCUT2D eigenvalue weighted by molar-refractivity contribution is 0.597. The first-order valence-electron chi connectivity index (χ1n) is 9.68.